The van der Waals surface area contributed by atoms with Crippen LogP contribution in [0.2, 0.25) is 0 Å². The summed E-state index contributed by atoms with van der Waals surface area (Å²) in [5.41, 5.74) is 1.84. The van der Waals surface area contributed by atoms with Gasteiger partial charge in [0.25, 0.3) is 0 Å². The molecule has 2 rings (SSSR count). The van der Waals surface area contributed by atoms with Crippen molar-refractivity contribution in [2.75, 3.05) is 32.8 Å². The van der Waals surface area contributed by atoms with Gasteiger partial charge in [0.15, 0.2) is 0 Å². The van der Waals surface area contributed by atoms with Gasteiger partial charge in [-0.25, -0.2) is 4.98 Å². The fraction of sp³-hybridized carbons (Fsp3) is 0.444. The Balaban J connectivity index is 2.07. The number of nitrogens with zero attached hydrogens (tertiary/aromatic N) is 3. The number of aromatic nitrogens is 1. The molecule has 0 N–H and O–H groups in total. The van der Waals surface area contributed by atoms with Crippen LogP contribution in [-0.2, 0) is 4.84 Å². The predicted octanol–water partition coefficient (Wildman–Crippen LogP) is 3.33. The Bertz CT molecular complexity index is 639. The Labute approximate surface area is 137 Å². The molecule has 23 heavy (non-hydrogen) atoms. The number of para-hydroxylation sites is 1. The standard InChI is InChI=1S/C18H25N3O2/c1-4-21(5-2)11-12-23-19-14-15-13-18(22-6-3)20-17-10-8-7-9-16(15)17/h7-10,13-14H,4-6,11-12H2,1-3H3/b19-14+. The normalized spacial score (nSPS) is 11.5. The van der Waals surface area contributed by atoms with Gasteiger partial charge in [0.05, 0.1) is 18.3 Å². The van der Waals surface area contributed by atoms with E-state index in [4.69, 9.17) is 9.57 Å². The zero-order valence-corrected chi connectivity index (χ0v) is 14.2. The second kappa shape index (κ2) is 9.10. The van der Waals surface area contributed by atoms with Crippen molar-refractivity contribution in [1.29, 1.82) is 0 Å². The number of pyridine rings is 1. The van der Waals surface area contributed by atoms with E-state index in [9.17, 15) is 0 Å². The molecule has 0 bridgehead atoms. The first kappa shape index (κ1) is 17.2. The summed E-state index contributed by atoms with van der Waals surface area (Å²) in [7, 11) is 0. The van der Waals surface area contributed by atoms with Gasteiger partial charge in [0, 0.05) is 23.6 Å². The lowest BCUT2D eigenvalue weighted by Gasteiger charge is -2.16. The van der Waals surface area contributed by atoms with Crippen LogP contribution in [0.15, 0.2) is 35.5 Å². The molecule has 0 atom stereocenters. The van der Waals surface area contributed by atoms with Gasteiger partial charge in [-0.05, 0) is 26.1 Å². The maximum absolute atomic E-state index is 5.52. The van der Waals surface area contributed by atoms with Crippen LogP contribution in [0.25, 0.3) is 10.9 Å². The van der Waals surface area contributed by atoms with Gasteiger partial charge in [-0.2, -0.15) is 0 Å². The van der Waals surface area contributed by atoms with Gasteiger partial charge < -0.3 is 14.5 Å². The number of rotatable bonds is 9. The molecule has 0 fully saturated rings. The lowest BCUT2D eigenvalue weighted by molar-refractivity contribution is 0.115. The Morgan fingerprint density at radius 3 is 2.70 bits per heavy atom. The first-order valence-corrected chi connectivity index (χ1v) is 8.18. The van der Waals surface area contributed by atoms with Crippen LogP contribution in [0, 0.1) is 0 Å². The Kier molecular flexibility index (Phi) is 6.81. The van der Waals surface area contributed by atoms with Gasteiger partial charge >= 0.3 is 0 Å². The molecule has 0 radical (unpaired) electrons. The monoisotopic (exact) mass is 315 g/mol. The van der Waals surface area contributed by atoms with E-state index in [0.717, 1.165) is 36.1 Å². The van der Waals surface area contributed by atoms with Crippen LogP contribution in [0.5, 0.6) is 5.88 Å². The summed E-state index contributed by atoms with van der Waals surface area (Å²) >= 11 is 0. The average molecular weight is 315 g/mol. The average Bonchev–Trinajstić information content (AvgIpc) is 2.58. The van der Waals surface area contributed by atoms with E-state index >= 15 is 0 Å². The first-order valence-electron chi connectivity index (χ1n) is 8.18. The highest BCUT2D eigenvalue weighted by Crippen LogP contribution is 2.20. The molecule has 2 aromatic rings. The molecule has 5 nitrogen and oxygen atoms in total. The molecule has 124 valence electrons. The van der Waals surface area contributed by atoms with E-state index in [1.54, 1.807) is 6.21 Å². The third-order valence-corrected chi connectivity index (χ3v) is 3.68. The van der Waals surface area contributed by atoms with Crippen molar-refractivity contribution in [2.24, 2.45) is 5.16 Å². The van der Waals surface area contributed by atoms with Gasteiger partial charge in [0.1, 0.15) is 6.61 Å². The molecular formula is C18H25N3O2. The number of likely N-dealkylation sites (N-methyl/N-ethyl adjacent to an activating group) is 1. The van der Waals surface area contributed by atoms with E-state index in [-0.39, 0.29) is 0 Å². The molecule has 0 saturated carbocycles. The molecule has 0 amide bonds. The molecule has 1 heterocycles. The third-order valence-electron chi connectivity index (χ3n) is 3.68. The van der Waals surface area contributed by atoms with Crippen molar-refractivity contribution in [3.05, 3.63) is 35.9 Å². The second-order valence-electron chi connectivity index (χ2n) is 5.09. The van der Waals surface area contributed by atoms with Crippen molar-refractivity contribution in [3.8, 4) is 5.88 Å². The molecule has 5 heteroatoms. The molecule has 0 unspecified atom stereocenters. The molecule has 0 spiro atoms. The van der Waals surface area contributed by atoms with Crippen LogP contribution in [0.4, 0.5) is 0 Å². The quantitative estimate of drug-likeness (QED) is 0.404. The smallest absolute Gasteiger partial charge is 0.214 e. The Morgan fingerprint density at radius 2 is 1.96 bits per heavy atom. The summed E-state index contributed by atoms with van der Waals surface area (Å²) in [6.07, 6.45) is 1.73. The van der Waals surface area contributed by atoms with Crippen LogP contribution >= 0.6 is 0 Å². The van der Waals surface area contributed by atoms with Gasteiger partial charge in [-0.1, -0.05) is 37.2 Å². The predicted molar refractivity (Wildman–Crippen MR) is 94.2 cm³/mol. The molecule has 0 aliphatic rings. The third kappa shape index (κ3) is 4.93. The summed E-state index contributed by atoms with van der Waals surface area (Å²) in [5, 5.41) is 5.13. The van der Waals surface area contributed by atoms with Gasteiger partial charge in [-0.15, -0.1) is 0 Å². The molecule has 0 saturated heterocycles. The highest BCUT2D eigenvalue weighted by Gasteiger charge is 2.05. The number of ether oxygens (including phenoxy) is 1. The zero-order chi connectivity index (χ0) is 16.5. The second-order valence-corrected chi connectivity index (χ2v) is 5.09. The van der Waals surface area contributed by atoms with Crippen LogP contribution in [0.3, 0.4) is 0 Å². The maximum Gasteiger partial charge on any atom is 0.214 e. The maximum atomic E-state index is 5.52. The van der Waals surface area contributed by atoms with E-state index in [2.05, 4.69) is 28.9 Å². The minimum Gasteiger partial charge on any atom is -0.478 e. The highest BCUT2D eigenvalue weighted by atomic mass is 16.6. The number of fused-ring (bicyclic) bond motifs is 1. The molecular weight excluding hydrogens is 290 g/mol. The van der Waals surface area contributed by atoms with Crippen LogP contribution < -0.4 is 4.74 Å². The molecule has 0 aliphatic carbocycles. The summed E-state index contributed by atoms with van der Waals surface area (Å²) < 4.78 is 5.52. The van der Waals surface area contributed by atoms with Gasteiger partial charge in [-0.3, -0.25) is 0 Å². The largest absolute Gasteiger partial charge is 0.478 e. The van der Waals surface area contributed by atoms with Crippen molar-refractivity contribution in [3.63, 3.8) is 0 Å². The first-order chi connectivity index (χ1) is 11.3. The minimum atomic E-state index is 0.583. The van der Waals surface area contributed by atoms with Crippen LogP contribution in [-0.4, -0.2) is 48.9 Å². The summed E-state index contributed by atoms with van der Waals surface area (Å²) in [4.78, 5) is 12.2. The Morgan fingerprint density at radius 1 is 1.17 bits per heavy atom. The molecule has 0 aliphatic heterocycles. The van der Waals surface area contributed by atoms with E-state index in [0.29, 0.717) is 19.1 Å². The van der Waals surface area contributed by atoms with Crippen molar-refractivity contribution < 1.29 is 9.57 Å². The van der Waals surface area contributed by atoms with Crippen molar-refractivity contribution >= 4 is 17.1 Å². The topological polar surface area (TPSA) is 47.0 Å². The number of hydrogen-bond acceptors (Lipinski definition) is 5. The summed E-state index contributed by atoms with van der Waals surface area (Å²) in [6, 6.07) is 9.84. The fourth-order valence-electron chi connectivity index (χ4n) is 2.36. The van der Waals surface area contributed by atoms with E-state index < -0.39 is 0 Å². The minimum absolute atomic E-state index is 0.583. The zero-order valence-electron chi connectivity index (χ0n) is 14.2. The lowest BCUT2D eigenvalue weighted by Crippen LogP contribution is -2.26. The summed E-state index contributed by atoms with van der Waals surface area (Å²) in [6.45, 7) is 10.3. The number of hydrogen-bond donors (Lipinski definition) is 0. The number of oxime groups is 1. The van der Waals surface area contributed by atoms with Gasteiger partial charge in [0.2, 0.25) is 5.88 Å². The SMILES string of the molecule is CCOc1cc(/C=N/OCCN(CC)CC)c2ccccc2n1. The Hall–Kier alpha value is -2.14. The van der Waals surface area contributed by atoms with Crippen molar-refractivity contribution in [2.45, 2.75) is 20.8 Å². The van der Waals surface area contributed by atoms with E-state index in [1.807, 2.05) is 37.3 Å². The molecule has 1 aromatic carbocycles. The van der Waals surface area contributed by atoms with Crippen molar-refractivity contribution in [1.82, 2.24) is 9.88 Å². The number of benzene rings is 1. The highest BCUT2D eigenvalue weighted by molar-refractivity contribution is 5.98. The lowest BCUT2D eigenvalue weighted by atomic mass is 10.1. The summed E-state index contributed by atoms with van der Waals surface area (Å²) in [5.74, 6) is 0.607. The van der Waals surface area contributed by atoms with Crippen LogP contribution in [0.1, 0.15) is 26.3 Å². The molecule has 1 aromatic heterocycles. The fourth-order valence-corrected chi connectivity index (χ4v) is 2.36. The van der Waals surface area contributed by atoms with E-state index in [1.165, 1.54) is 0 Å².